The molecule has 0 unspecified atom stereocenters. The van der Waals surface area contributed by atoms with Crippen LogP contribution in [0.25, 0.3) is 16.6 Å². The molecule has 0 spiro atoms. The lowest BCUT2D eigenvalue weighted by atomic mass is 10.0. The van der Waals surface area contributed by atoms with E-state index in [1.165, 1.54) is 40.3 Å². The Balaban J connectivity index is 1.66. The molecule has 28 heavy (non-hydrogen) atoms. The summed E-state index contributed by atoms with van der Waals surface area (Å²) in [5, 5.41) is 10.8. The van der Waals surface area contributed by atoms with Gasteiger partial charge >= 0.3 is 0 Å². The highest BCUT2D eigenvalue weighted by Crippen LogP contribution is 2.29. The monoisotopic (exact) mass is 396 g/mol. The molecule has 6 heteroatoms. The number of hydrogen-bond donors (Lipinski definition) is 0. The van der Waals surface area contributed by atoms with E-state index in [9.17, 15) is 4.79 Å². The van der Waals surface area contributed by atoms with Crippen LogP contribution in [0.3, 0.4) is 0 Å². The fourth-order valence-electron chi connectivity index (χ4n) is 4.47. The van der Waals surface area contributed by atoms with Crippen molar-refractivity contribution in [2.45, 2.75) is 64.6 Å². The van der Waals surface area contributed by atoms with Crippen LogP contribution >= 0.6 is 11.8 Å². The minimum absolute atomic E-state index is 0.220. The summed E-state index contributed by atoms with van der Waals surface area (Å²) in [7, 11) is 0. The van der Waals surface area contributed by atoms with E-state index in [2.05, 4.69) is 65.4 Å². The molecular weight excluding hydrogens is 368 g/mol. The Labute approximate surface area is 170 Å². The van der Waals surface area contributed by atoms with E-state index in [-0.39, 0.29) is 5.91 Å². The van der Waals surface area contributed by atoms with Crippen molar-refractivity contribution in [3.05, 3.63) is 34.9 Å². The third kappa shape index (κ3) is 3.39. The molecule has 0 radical (unpaired) electrons. The van der Waals surface area contributed by atoms with Gasteiger partial charge in [-0.1, -0.05) is 30.3 Å². The summed E-state index contributed by atoms with van der Waals surface area (Å²) in [5.74, 6) is 0.634. The quantitative estimate of drug-likeness (QED) is 0.600. The van der Waals surface area contributed by atoms with Crippen molar-refractivity contribution in [3.8, 4) is 0 Å². The molecule has 0 saturated carbocycles. The van der Waals surface area contributed by atoms with Crippen molar-refractivity contribution in [1.82, 2.24) is 19.5 Å². The van der Waals surface area contributed by atoms with Gasteiger partial charge in [0.05, 0.1) is 11.3 Å². The zero-order valence-corrected chi connectivity index (χ0v) is 18.0. The maximum absolute atomic E-state index is 12.9. The van der Waals surface area contributed by atoms with Crippen LogP contribution in [-0.2, 0) is 4.79 Å². The van der Waals surface area contributed by atoms with Gasteiger partial charge in [-0.05, 0) is 69.7 Å². The summed E-state index contributed by atoms with van der Waals surface area (Å²) >= 11 is 1.50. The van der Waals surface area contributed by atoms with E-state index in [4.69, 9.17) is 0 Å². The molecule has 148 valence electrons. The van der Waals surface area contributed by atoms with E-state index in [1.807, 2.05) is 0 Å². The molecule has 3 heterocycles. The number of aryl methyl sites for hydroxylation is 3. The molecule has 4 rings (SSSR count). The van der Waals surface area contributed by atoms with E-state index in [0.29, 0.717) is 11.8 Å². The predicted molar refractivity (Wildman–Crippen MR) is 115 cm³/mol. The molecule has 0 N–H and O–H groups in total. The minimum atomic E-state index is 0.220. The average molecular weight is 397 g/mol. The Kier molecular flexibility index (Phi) is 5.32. The molecule has 1 saturated heterocycles. The SMILES string of the molecule is CC[C@@H]1CCCCN1C(=O)CSc1nnc2cc(C)c3cc(C)cc(C)c3n12. The molecule has 1 aliphatic heterocycles. The Morgan fingerprint density at radius 2 is 1.96 bits per heavy atom. The lowest BCUT2D eigenvalue weighted by Gasteiger charge is -2.35. The Hall–Kier alpha value is -2.08. The van der Waals surface area contributed by atoms with Gasteiger partial charge in [0.1, 0.15) is 0 Å². The molecule has 0 bridgehead atoms. The minimum Gasteiger partial charge on any atom is -0.339 e. The molecule has 1 aromatic carbocycles. The number of rotatable bonds is 4. The molecule has 0 aliphatic carbocycles. The van der Waals surface area contributed by atoms with Crippen molar-refractivity contribution in [1.29, 1.82) is 0 Å². The summed E-state index contributed by atoms with van der Waals surface area (Å²) in [5.41, 5.74) is 5.65. The number of thioether (sulfide) groups is 1. The van der Waals surface area contributed by atoms with Crippen LogP contribution in [0.1, 0.15) is 49.3 Å². The standard InChI is InChI=1S/C22H28N4OS/c1-5-17-8-6-7-9-25(17)20(27)13-28-22-24-23-19-12-15(3)18-11-14(2)10-16(4)21(18)26(19)22/h10-12,17H,5-9,13H2,1-4H3/t17-/m1/s1. The van der Waals surface area contributed by atoms with Gasteiger partial charge in [0, 0.05) is 18.0 Å². The third-order valence-electron chi connectivity index (χ3n) is 5.84. The van der Waals surface area contributed by atoms with Crippen molar-refractivity contribution in [2.75, 3.05) is 12.3 Å². The third-order valence-corrected chi connectivity index (χ3v) is 6.75. The fourth-order valence-corrected chi connectivity index (χ4v) is 5.30. The topological polar surface area (TPSA) is 50.5 Å². The maximum Gasteiger partial charge on any atom is 0.233 e. The van der Waals surface area contributed by atoms with Gasteiger partial charge in [-0.25, -0.2) is 0 Å². The first-order valence-electron chi connectivity index (χ1n) is 10.2. The zero-order chi connectivity index (χ0) is 19.8. The van der Waals surface area contributed by atoms with Crippen molar-refractivity contribution < 1.29 is 4.79 Å². The first-order valence-corrected chi connectivity index (χ1v) is 11.2. The number of hydrogen-bond acceptors (Lipinski definition) is 4. The van der Waals surface area contributed by atoms with Crippen LogP contribution in [0.2, 0.25) is 0 Å². The summed E-state index contributed by atoms with van der Waals surface area (Å²) in [4.78, 5) is 15.0. The van der Waals surface area contributed by atoms with Gasteiger partial charge in [-0.3, -0.25) is 9.20 Å². The predicted octanol–water partition coefficient (Wildman–Crippen LogP) is 4.69. The van der Waals surface area contributed by atoms with Gasteiger partial charge in [0.25, 0.3) is 0 Å². The van der Waals surface area contributed by atoms with Crippen molar-refractivity contribution in [3.63, 3.8) is 0 Å². The summed E-state index contributed by atoms with van der Waals surface area (Å²) < 4.78 is 2.11. The van der Waals surface area contributed by atoms with Gasteiger partial charge in [-0.15, -0.1) is 10.2 Å². The lowest BCUT2D eigenvalue weighted by Crippen LogP contribution is -2.44. The van der Waals surface area contributed by atoms with Crippen LogP contribution in [0.5, 0.6) is 0 Å². The second kappa shape index (κ2) is 7.74. The number of piperidine rings is 1. The fraction of sp³-hybridized carbons (Fsp3) is 0.500. The number of aromatic nitrogens is 3. The Bertz CT molecular complexity index is 1040. The lowest BCUT2D eigenvalue weighted by molar-refractivity contribution is -0.132. The van der Waals surface area contributed by atoms with Gasteiger partial charge in [0.2, 0.25) is 5.91 Å². The maximum atomic E-state index is 12.9. The van der Waals surface area contributed by atoms with E-state index < -0.39 is 0 Å². The van der Waals surface area contributed by atoms with Crippen LogP contribution in [0.4, 0.5) is 0 Å². The highest BCUT2D eigenvalue weighted by Gasteiger charge is 2.25. The van der Waals surface area contributed by atoms with E-state index in [0.717, 1.165) is 42.1 Å². The molecule has 1 fully saturated rings. The number of benzene rings is 1. The van der Waals surface area contributed by atoms with Gasteiger partial charge in [0.15, 0.2) is 10.8 Å². The van der Waals surface area contributed by atoms with Crippen LogP contribution in [-0.4, -0.2) is 43.7 Å². The number of carbonyl (C=O) groups excluding carboxylic acids is 1. The van der Waals surface area contributed by atoms with Crippen molar-refractivity contribution in [2.24, 2.45) is 0 Å². The highest BCUT2D eigenvalue weighted by molar-refractivity contribution is 7.99. The first-order chi connectivity index (χ1) is 13.5. The van der Waals surface area contributed by atoms with Crippen LogP contribution < -0.4 is 0 Å². The van der Waals surface area contributed by atoms with Crippen molar-refractivity contribution >= 4 is 34.2 Å². The molecule has 3 aromatic rings. The largest absolute Gasteiger partial charge is 0.339 e. The highest BCUT2D eigenvalue weighted by atomic mass is 32.2. The number of carbonyl (C=O) groups is 1. The van der Waals surface area contributed by atoms with E-state index >= 15 is 0 Å². The molecule has 1 aliphatic rings. The molecule has 5 nitrogen and oxygen atoms in total. The number of nitrogens with zero attached hydrogens (tertiary/aromatic N) is 4. The smallest absolute Gasteiger partial charge is 0.233 e. The normalized spacial score (nSPS) is 17.6. The van der Waals surface area contributed by atoms with Crippen LogP contribution in [0.15, 0.2) is 23.4 Å². The molecule has 2 aromatic heterocycles. The van der Waals surface area contributed by atoms with Gasteiger partial charge in [-0.2, -0.15) is 0 Å². The second-order valence-corrected chi connectivity index (χ2v) is 8.86. The van der Waals surface area contributed by atoms with Crippen LogP contribution in [0, 0.1) is 20.8 Å². The number of amides is 1. The first kappa shape index (κ1) is 19.2. The molecule has 1 amide bonds. The molecular formula is C22H28N4OS. The second-order valence-electron chi connectivity index (χ2n) is 7.92. The van der Waals surface area contributed by atoms with E-state index in [1.54, 1.807) is 0 Å². The number of likely N-dealkylation sites (tertiary alicyclic amines) is 1. The number of fused-ring (bicyclic) bond motifs is 3. The molecule has 1 atom stereocenters. The van der Waals surface area contributed by atoms with Gasteiger partial charge < -0.3 is 4.90 Å². The summed E-state index contributed by atoms with van der Waals surface area (Å²) in [6.07, 6.45) is 4.51. The Morgan fingerprint density at radius 3 is 2.75 bits per heavy atom. The summed E-state index contributed by atoms with van der Waals surface area (Å²) in [6, 6.07) is 6.89. The average Bonchev–Trinajstić information content (AvgIpc) is 3.08. The summed E-state index contributed by atoms with van der Waals surface area (Å²) in [6.45, 7) is 9.44. The zero-order valence-electron chi connectivity index (χ0n) is 17.2. The Morgan fingerprint density at radius 1 is 1.14 bits per heavy atom. The number of pyridine rings is 1.